The maximum atomic E-state index is 5.71. The van der Waals surface area contributed by atoms with Crippen molar-refractivity contribution >= 4 is 0 Å². The van der Waals surface area contributed by atoms with Gasteiger partial charge >= 0.3 is 0 Å². The first kappa shape index (κ1) is 15.5. The predicted molar refractivity (Wildman–Crippen MR) is 83.5 cm³/mol. The molecule has 1 aliphatic rings. The summed E-state index contributed by atoms with van der Waals surface area (Å²) in [6, 6.07) is 3.01. The van der Waals surface area contributed by atoms with Gasteiger partial charge < -0.3 is 5.73 Å². The van der Waals surface area contributed by atoms with Crippen molar-refractivity contribution in [2.24, 2.45) is 12.8 Å². The molecule has 0 spiro atoms. The second kappa shape index (κ2) is 7.79. The van der Waals surface area contributed by atoms with E-state index in [1.165, 1.54) is 43.5 Å². The molecule has 20 heavy (non-hydrogen) atoms. The van der Waals surface area contributed by atoms with Crippen molar-refractivity contribution < 1.29 is 0 Å². The zero-order valence-corrected chi connectivity index (χ0v) is 13.1. The number of hydrogen-bond donors (Lipinski definition) is 1. The molecule has 0 aliphatic heterocycles. The van der Waals surface area contributed by atoms with E-state index in [9.17, 15) is 0 Å². The fraction of sp³-hybridized carbons (Fsp3) is 0.812. The van der Waals surface area contributed by atoms with Crippen molar-refractivity contribution in [1.29, 1.82) is 0 Å². The molecule has 1 heterocycles. The Bertz CT molecular complexity index is 393. The Morgan fingerprint density at radius 3 is 2.70 bits per heavy atom. The number of nitrogens with two attached hydrogens (primary N) is 1. The summed E-state index contributed by atoms with van der Waals surface area (Å²) in [5.74, 6) is 0. The van der Waals surface area contributed by atoms with Gasteiger partial charge in [0.2, 0.25) is 0 Å². The standard InChI is InChI=1S/C16H30N4/c1-3-14-12-16(19(2)18-14)13-20(11-7-10-17)15-8-5-4-6-9-15/h12,15H,3-11,13,17H2,1-2H3. The minimum atomic E-state index is 0.746. The quantitative estimate of drug-likeness (QED) is 0.833. The van der Waals surface area contributed by atoms with Crippen LogP contribution in [0.2, 0.25) is 0 Å². The van der Waals surface area contributed by atoms with Gasteiger partial charge in [-0.1, -0.05) is 26.2 Å². The molecule has 1 aromatic heterocycles. The molecule has 0 radical (unpaired) electrons. The molecular weight excluding hydrogens is 248 g/mol. The molecule has 4 nitrogen and oxygen atoms in total. The lowest BCUT2D eigenvalue weighted by Gasteiger charge is -2.34. The van der Waals surface area contributed by atoms with E-state index in [-0.39, 0.29) is 0 Å². The first-order valence-corrected chi connectivity index (χ1v) is 8.20. The van der Waals surface area contributed by atoms with E-state index < -0.39 is 0 Å². The van der Waals surface area contributed by atoms with E-state index in [4.69, 9.17) is 5.73 Å². The summed E-state index contributed by atoms with van der Waals surface area (Å²) in [4.78, 5) is 2.64. The van der Waals surface area contributed by atoms with Crippen molar-refractivity contribution in [3.8, 4) is 0 Å². The van der Waals surface area contributed by atoms with Gasteiger partial charge in [-0.05, 0) is 38.3 Å². The predicted octanol–water partition coefficient (Wildman–Crippen LogP) is 2.47. The van der Waals surface area contributed by atoms with Crippen LogP contribution in [0.25, 0.3) is 0 Å². The van der Waals surface area contributed by atoms with Gasteiger partial charge in [0.25, 0.3) is 0 Å². The fourth-order valence-electron chi connectivity index (χ4n) is 3.23. The molecule has 1 fully saturated rings. The Labute approximate surface area is 123 Å². The van der Waals surface area contributed by atoms with Gasteiger partial charge in [0.15, 0.2) is 0 Å². The summed E-state index contributed by atoms with van der Waals surface area (Å²) in [6.07, 6.45) is 8.98. The minimum Gasteiger partial charge on any atom is -0.330 e. The average molecular weight is 278 g/mol. The molecule has 2 rings (SSSR count). The molecule has 0 aromatic carbocycles. The van der Waals surface area contributed by atoms with Crippen LogP contribution < -0.4 is 5.73 Å². The molecule has 0 saturated heterocycles. The number of aryl methyl sites for hydroxylation is 2. The van der Waals surface area contributed by atoms with Crippen LogP contribution in [0, 0.1) is 0 Å². The van der Waals surface area contributed by atoms with Crippen molar-refractivity contribution in [3.05, 3.63) is 17.5 Å². The molecule has 0 amide bonds. The maximum Gasteiger partial charge on any atom is 0.0625 e. The molecule has 0 unspecified atom stereocenters. The Kier molecular flexibility index (Phi) is 6.05. The second-order valence-corrected chi connectivity index (χ2v) is 6.01. The van der Waals surface area contributed by atoms with E-state index in [0.717, 1.165) is 38.5 Å². The summed E-state index contributed by atoms with van der Waals surface area (Å²) >= 11 is 0. The molecule has 114 valence electrons. The number of nitrogens with zero attached hydrogens (tertiary/aromatic N) is 3. The van der Waals surface area contributed by atoms with E-state index in [1.54, 1.807) is 0 Å². The summed E-state index contributed by atoms with van der Waals surface area (Å²) in [7, 11) is 2.07. The van der Waals surface area contributed by atoms with Crippen LogP contribution in [0.15, 0.2) is 6.07 Å². The zero-order valence-electron chi connectivity index (χ0n) is 13.1. The summed E-state index contributed by atoms with van der Waals surface area (Å²) in [6.45, 7) is 5.09. The Hall–Kier alpha value is -0.870. The van der Waals surface area contributed by atoms with Crippen molar-refractivity contribution in [2.45, 2.75) is 64.5 Å². The molecule has 4 heteroatoms. The number of aromatic nitrogens is 2. The van der Waals surface area contributed by atoms with Crippen LogP contribution in [-0.2, 0) is 20.0 Å². The zero-order chi connectivity index (χ0) is 14.4. The van der Waals surface area contributed by atoms with Gasteiger partial charge in [0.1, 0.15) is 0 Å². The highest BCUT2D eigenvalue weighted by molar-refractivity contribution is 5.10. The highest BCUT2D eigenvalue weighted by atomic mass is 15.3. The summed E-state index contributed by atoms with van der Waals surface area (Å²) < 4.78 is 2.05. The van der Waals surface area contributed by atoms with E-state index >= 15 is 0 Å². The Balaban J connectivity index is 2.03. The molecule has 2 N–H and O–H groups in total. The molecule has 1 aromatic rings. The third kappa shape index (κ3) is 4.06. The van der Waals surface area contributed by atoms with Gasteiger partial charge in [-0.2, -0.15) is 5.10 Å². The highest BCUT2D eigenvalue weighted by Crippen LogP contribution is 2.24. The fourth-order valence-corrected chi connectivity index (χ4v) is 3.23. The molecule has 1 aliphatic carbocycles. The smallest absolute Gasteiger partial charge is 0.0625 e. The third-order valence-electron chi connectivity index (χ3n) is 4.50. The highest BCUT2D eigenvalue weighted by Gasteiger charge is 2.21. The molecular formula is C16H30N4. The van der Waals surface area contributed by atoms with Crippen LogP contribution in [0.5, 0.6) is 0 Å². The summed E-state index contributed by atoms with van der Waals surface area (Å²) in [5.41, 5.74) is 8.25. The van der Waals surface area contributed by atoms with Crippen LogP contribution in [0.1, 0.15) is 56.8 Å². The molecule has 1 saturated carbocycles. The Morgan fingerprint density at radius 2 is 2.10 bits per heavy atom. The average Bonchev–Trinajstić information content (AvgIpc) is 2.84. The van der Waals surface area contributed by atoms with E-state index in [1.807, 2.05) is 0 Å². The third-order valence-corrected chi connectivity index (χ3v) is 4.50. The SMILES string of the molecule is CCc1cc(CN(CCCN)C2CCCCC2)n(C)n1. The Morgan fingerprint density at radius 1 is 1.35 bits per heavy atom. The first-order chi connectivity index (χ1) is 9.74. The lowest BCUT2D eigenvalue weighted by molar-refractivity contribution is 0.144. The van der Waals surface area contributed by atoms with Crippen molar-refractivity contribution in [2.75, 3.05) is 13.1 Å². The van der Waals surface area contributed by atoms with Crippen molar-refractivity contribution in [3.63, 3.8) is 0 Å². The van der Waals surface area contributed by atoms with Crippen LogP contribution in [-0.4, -0.2) is 33.8 Å². The van der Waals surface area contributed by atoms with Gasteiger partial charge in [-0.15, -0.1) is 0 Å². The largest absolute Gasteiger partial charge is 0.330 e. The minimum absolute atomic E-state index is 0.746. The van der Waals surface area contributed by atoms with Gasteiger partial charge in [-0.3, -0.25) is 9.58 Å². The van der Waals surface area contributed by atoms with Crippen LogP contribution in [0.3, 0.4) is 0 Å². The normalized spacial score (nSPS) is 17.0. The van der Waals surface area contributed by atoms with Crippen LogP contribution >= 0.6 is 0 Å². The number of hydrogen-bond acceptors (Lipinski definition) is 3. The maximum absolute atomic E-state index is 5.71. The lowest BCUT2D eigenvalue weighted by atomic mass is 9.94. The second-order valence-electron chi connectivity index (χ2n) is 6.01. The summed E-state index contributed by atoms with van der Waals surface area (Å²) in [5, 5.41) is 4.57. The first-order valence-electron chi connectivity index (χ1n) is 8.20. The lowest BCUT2D eigenvalue weighted by Crippen LogP contribution is -2.38. The number of rotatable bonds is 7. The molecule has 0 atom stereocenters. The molecule has 0 bridgehead atoms. The monoisotopic (exact) mass is 278 g/mol. The van der Waals surface area contributed by atoms with E-state index in [0.29, 0.717) is 0 Å². The van der Waals surface area contributed by atoms with Crippen LogP contribution in [0.4, 0.5) is 0 Å². The van der Waals surface area contributed by atoms with Crippen molar-refractivity contribution in [1.82, 2.24) is 14.7 Å². The van der Waals surface area contributed by atoms with Gasteiger partial charge in [-0.25, -0.2) is 0 Å². The van der Waals surface area contributed by atoms with E-state index in [2.05, 4.69) is 34.7 Å². The van der Waals surface area contributed by atoms with Gasteiger partial charge in [0.05, 0.1) is 11.4 Å². The van der Waals surface area contributed by atoms with Gasteiger partial charge in [0, 0.05) is 26.2 Å². The topological polar surface area (TPSA) is 47.1 Å².